The quantitative estimate of drug-likeness (QED) is 0.0595. The zero-order valence-electron chi connectivity index (χ0n) is 34.8. The highest BCUT2D eigenvalue weighted by molar-refractivity contribution is 7.44. The summed E-state index contributed by atoms with van der Waals surface area (Å²) in [6.45, 7) is 6.79. The lowest BCUT2D eigenvalue weighted by molar-refractivity contribution is -0.433. The summed E-state index contributed by atoms with van der Waals surface area (Å²) in [6.07, 6.45) is 29.6. The van der Waals surface area contributed by atoms with E-state index in [9.17, 15) is 10.2 Å². The molecule has 4 bridgehead atoms. The molecule has 6 fully saturated rings. The van der Waals surface area contributed by atoms with E-state index in [2.05, 4.69) is 69.3 Å². The zero-order chi connectivity index (χ0) is 39.3. The second-order valence-electron chi connectivity index (χ2n) is 16.9. The topological polar surface area (TPSA) is 95.8 Å². The molecule has 6 aliphatic rings. The van der Waals surface area contributed by atoms with Crippen LogP contribution in [0.5, 0.6) is 0 Å². The van der Waals surface area contributed by atoms with Gasteiger partial charge in [0.15, 0.2) is 0 Å². The Labute approximate surface area is 341 Å². The van der Waals surface area contributed by atoms with Gasteiger partial charge in [-0.25, -0.2) is 0 Å². The van der Waals surface area contributed by atoms with Crippen LogP contribution in [0.1, 0.15) is 197 Å². The number of aliphatic hydroxyl groups is 2. The molecule has 0 amide bonds. The molecule has 2 N–H and O–H groups in total. The fraction of sp³-hybridized carbons (Fsp3) is 0.739. The van der Waals surface area contributed by atoms with Crippen LogP contribution in [0.25, 0.3) is 0 Å². The Kier molecular flexibility index (Phi) is 17.1. The minimum absolute atomic E-state index is 0.576. The van der Waals surface area contributed by atoms with Crippen molar-refractivity contribution in [3.05, 3.63) is 70.8 Å². The number of hydrogen-bond acceptors (Lipinski definition) is 8. The van der Waals surface area contributed by atoms with Crippen molar-refractivity contribution in [1.29, 1.82) is 0 Å². The molecule has 10 heteroatoms. The molecule has 2 aromatic rings. The molecule has 6 heterocycles. The maximum Gasteiger partial charge on any atom is 0.341 e. The highest BCUT2D eigenvalue weighted by Crippen LogP contribution is 2.85. The maximum atomic E-state index is 13.4. The minimum Gasteiger partial charge on any atom is -0.363 e. The van der Waals surface area contributed by atoms with Gasteiger partial charge in [0.05, 0.1) is 5.41 Å². The van der Waals surface area contributed by atoms with E-state index in [4.69, 9.17) is 27.1 Å². The van der Waals surface area contributed by atoms with E-state index >= 15 is 0 Å². The molecule has 0 saturated carbocycles. The van der Waals surface area contributed by atoms with Crippen molar-refractivity contribution < 1.29 is 37.4 Å². The normalized spacial score (nSPS) is 27.8. The monoisotopic (exact) mass is 814 g/mol. The van der Waals surface area contributed by atoms with Gasteiger partial charge in [-0.1, -0.05) is 204 Å². The van der Waals surface area contributed by atoms with Crippen molar-refractivity contribution in [2.75, 3.05) is 0 Å². The summed E-state index contributed by atoms with van der Waals surface area (Å²) in [5, 5.41) is 24.6. The van der Waals surface area contributed by atoms with Crippen molar-refractivity contribution >= 4 is 17.2 Å². The summed E-state index contributed by atoms with van der Waals surface area (Å²) in [6, 6.07) is 17.6. The van der Waals surface area contributed by atoms with Gasteiger partial charge in [0.1, 0.15) is 0 Å². The van der Waals surface area contributed by atoms with Gasteiger partial charge in [-0.2, -0.15) is 0 Å². The lowest BCUT2D eigenvalue weighted by Gasteiger charge is -2.56. The summed E-state index contributed by atoms with van der Waals surface area (Å²) in [5.41, 5.74) is 3.27. The molecule has 6 saturated heterocycles. The third-order valence-electron chi connectivity index (χ3n) is 12.7. The van der Waals surface area contributed by atoms with Gasteiger partial charge in [0.2, 0.25) is 12.1 Å². The van der Waals surface area contributed by atoms with Gasteiger partial charge in [0, 0.05) is 0 Å². The van der Waals surface area contributed by atoms with E-state index in [1.165, 1.54) is 127 Å². The molecule has 2 aromatic carbocycles. The highest BCUT2D eigenvalue weighted by atomic mass is 31.2. The molecule has 0 aromatic heterocycles. The molecule has 56 heavy (non-hydrogen) atoms. The third-order valence-corrected chi connectivity index (χ3v) is 15.2. The first-order valence-electron chi connectivity index (χ1n) is 22.7. The molecule has 8 rings (SSSR count). The van der Waals surface area contributed by atoms with Crippen LogP contribution in [0.15, 0.2) is 48.5 Å². The van der Waals surface area contributed by atoms with Crippen LogP contribution in [-0.4, -0.2) is 33.9 Å². The molecule has 0 spiro atoms. The smallest absolute Gasteiger partial charge is 0.341 e. The van der Waals surface area contributed by atoms with Crippen molar-refractivity contribution in [3.8, 4) is 0 Å². The summed E-state index contributed by atoms with van der Waals surface area (Å²) < 4.78 is 36.8. The SMILES string of the molecule is CCCCCCCCCCCC(c1ccc(CCCCCCCCC)cc1)(c1ccc(CCCCCCCCC)cc1)C1(O)OP2OC1(C13OP(OC1O)O3)O2. The Hall–Kier alpha value is -1.02. The van der Waals surface area contributed by atoms with Crippen LogP contribution >= 0.6 is 17.2 Å². The van der Waals surface area contributed by atoms with Crippen LogP contribution in [-0.2, 0) is 45.4 Å². The summed E-state index contributed by atoms with van der Waals surface area (Å²) in [5.74, 6) is -5.88. The molecule has 0 aliphatic carbocycles. The minimum atomic E-state index is -2.10. The Morgan fingerprint density at radius 3 is 1.29 bits per heavy atom. The number of fused-ring (bicyclic) bond motifs is 2. The predicted molar refractivity (Wildman–Crippen MR) is 226 cm³/mol. The Balaban J connectivity index is 1.27. The number of hydrogen-bond donors (Lipinski definition) is 2. The summed E-state index contributed by atoms with van der Waals surface area (Å²) in [4.78, 5) is 0. The standard InChI is InChI=1S/C46H72O8P2/c1-4-7-10-13-16-17-20-23-26-37-43(40-33-29-38(30-34-40)27-24-21-18-14-11-8-5-2,41-35-31-39(32-36-41)28-25-22-19-15-12-9-6-3)45(48)46(53-56(52-45)54-46)44-42(47)49-55(50-44)51-44/h29-36,42,47-48H,4-28,37H2,1-3H3. The summed E-state index contributed by atoms with van der Waals surface area (Å²) in [7, 11) is -3.64. The van der Waals surface area contributed by atoms with Crippen LogP contribution in [0.4, 0.5) is 0 Å². The first-order valence-corrected chi connectivity index (χ1v) is 24.9. The average Bonchev–Trinajstić information content (AvgIpc) is 3.88. The van der Waals surface area contributed by atoms with Crippen LogP contribution in [0.3, 0.4) is 0 Å². The van der Waals surface area contributed by atoms with E-state index in [1.54, 1.807) is 0 Å². The molecule has 6 aliphatic heterocycles. The molecule has 0 radical (unpaired) electrons. The molecular weight excluding hydrogens is 742 g/mol. The predicted octanol–water partition coefficient (Wildman–Crippen LogP) is 13.5. The summed E-state index contributed by atoms with van der Waals surface area (Å²) >= 11 is 0. The molecule has 2 unspecified atom stereocenters. The third kappa shape index (κ3) is 9.46. The van der Waals surface area contributed by atoms with E-state index in [1.807, 2.05) is 0 Å². The first kappa shape index (κ1) is 44.5. The lowest BCUT2D eigenvalue weighted by atomic mass is 9.61. The van der Waals surface area contributed by atoms with Crippen molar-refractivity contribution in [2.24, 2.45) is 0 Å². The van der Waals surface area contributed by atoms with Gasteiger partial charge in [-0.05, 0) is 54.4 Å². The maximum absolute atomic E-state index is 13.4. The van der Waals surface area contributed by atoms with Crippen LogP contribution in [0.2, 0.25) is 0 Å². The largest absolute Gasteiger partial charge is 0.363 e. The fourth-order valence-electron chi connectivity index (χ4n) is 9.26. The van der Waals surface area contributed by atoms with Crippen molar-refractivity contribution in [3.63, 3.8) is 0 Å². The van der Waals surface area contributed by atoms with Crippen LogP contribution in [0, 0.1) is 0 Å². The number of rotatable bonds is 30. The Bertz CT molecular complexity index is 1370. The van der Waals surface area contributed by atoms with Gasteiger partial charge < -0.3 is 10.2 Å². The molecule has 8 nitrogen and oxygen atoms in total. The molecule has 2 atom stereocenters. The van der Waals surface area contributed by atoms with Crippen LogP contribution < -0.4 is 0 Å². The van der Waals surface area contributed by atoms with Gasteiger partial charge in [-0.15, -0.1) is 0 Å². The fourth-order valence-corrected chi connectivity index (χ4v) is 12.0. The first-order chi connectivity index (χ1) is 27.4. The van der Waals surface area contributed by atoms with Gasteiger partial charge >= 0.3 is 23.0 Å². The van der Waals surface area contributed by atoms with Crippen molar-refractivity contribution in [2.45, 2.75) is 217 Å². The average molecular weight is 815 g/mol. The Morgan fingerprint density at radius 1 is 0.500 bits per heavy atom. The highest BCUT2D eigenvalue weighted by Gasteiger charge is 2.94. The van der Waals surface area contributed by atoms with E-state index < -0.39 is 46.3 Å². The lowest BCUT2D eigenvalue weighted by Crippen LogP contribution is -2.77. The zero-order valence-corrected chi connectivity index (χ0v) is 36.6. The molecular formula is C46H72O8P2. The van der Waals surface area contributed by atoms with Crippen molar-refractivity contribution in [1.82, 2.24) is 0 Å². The van der Waals surface area contributed by atoms with Gasteiger partial charge in [-0.3, -0.25) is 27.1 Å². The molecule has 314 valence electrons. The number of aliphatic hydroxyl groups excluding tert-OH is 1. The Morgan fingerprint density at radius 2 is 0.893 bits per heavy atom. The number of unbranched alkanes of at least 4 members (excludes halogenated alkanes) is 20. The van der Waals surface area contributed by atoms with E-state index in [0.717, 1.165) is 56.1 Å². The van der Waals surface area contributed by atoms with E-state index in [-0.39, 0.29) is 0 Å². The van der Waals surface area contributed by atoms with Gasteiger partial charge in [0.25, 0.3) is 5.79 Å². The van der Waals surface area contributed by atoms with E-state index in [0.29, 0.717) is 6.42 Å². The number of aryl methyl sites for hydroxylation is 2. The second-order valence-corrected chi connectivity index (χ2v) is 18.9. The second kappa shape index (κ2) is 21.5. The number of benzene rings is 2.